The molecule has 0 saturated heterocycles. The highest BCUT2D eigenvalue weighted by Crippen LogP contribution is 2.30. The van der Waals surface area contributed by atoms with Gasteiger partial charge in [0.25, 0.3) is 0 Å². The Morgan fingerprint density at radius 2 is 2.19 bits per heavy atom. The predicted octanol–water partition coefficient (Wildman–Crippen LogP) is 2.99. The fourth-order valence-corrected chi connectivity index (χ4v) is 3.62. The van der Waals surface area contributed by atoms with Gasteiger partial charge in [0.1, 0.15) is 5.82 Å². The maximum absolute atomic E-state index is 13.1. The molecule has 2 aromatic rings. The molecule has 2 rings (SSSR count). The third-order valence-electron chi connectivity index (χ3n) is 2.55. The maximum atomic E-state index is 13.1. The maximum Gasteiger partial charge on any atom is 0.235 e. The molecule has 0 unspecified atom stereocenters. The van der Waals surface area contributed by atoms with Gasteiger partial charge in [-0.25, -0.2) is 4.39 Å². The van der Waals surface area contributed by atoms with Crippen LogP contribution in [0, 0.1) is 5.82 Å². The van der Waals surface area contributed by atoms with Crippen LogP contribution in [0.15, 0.2) is 28.6 Å². The Morgan fingerprint density at radius 3 is 2.86 bits per heavy atom. The minimum absolute atomic E-state index is 0.0230. The van der Waals surface area contributed by atoms with Gasteiger partial charge in [-0.05, 0) is 25.1 Å². The van der Waals surface area contributed by atoms with Crippen molar-refractivity contribution in [1.29, 1.82) is 0 Å². The Kier molecular flexibility index (Phi) is 5.13. The number of nitrogens with one attached hydrogen (secondary N) is 1. The standard InChI is InChI=1S/C13H15FN4OS2/c1-8(11(19)18(2)3)20-13-17-16-12(21-13)15-10-6-4-5-9(14)7-10/h4-8H,1-3H3,(H,15,16)/t8-/m0/s1. The number of anilines is 2. The number of amides is 1. The van der Waals surface area contributed by atoms with Crippen molar-refractivity contribution in [1.82, 2.24) is 15.1 Å². The molecule has 0 fully saturated rings. The lowest BCUT2D eigenvalue weighted by molar-refractivity contribution is -0.127. The molecule has 1 amide bonds. The molecule has 1 atom stereocenters. The van der Waals surface area contributed by atoms with E-state index in [2.05, 4.69) is 15.5 Å². The molecule has 112 valence electrons. The van der Waals surface area contributed by atoms with Crippen LogP contribution < -0.4 is 5.32 Å². The number of thioether (sulfide) groups is 1. The molecular formula is C13H15FN4OS2. The van der Waals surface area contributed by atoms with Crippen molar-refractivity contribution in [2.75, 3.05) is 19.4 Å². The first-order chi connectivity index (χ1) is 9.95. The van der Waals surface area contributed by atoms with Gasteiger partial charge in [0, 0.05) is 19.8 Å². The summed E-state index contributed by atoms with van der Waals surface area (Å²) in [6.07, 6.45) is 0. The number of carbonyl (C=O) groups excluding carboxylic acids is 1. The van der Waals surface area contributed by atoms with E-state index < -0.39 is 0 Å². The number of rotatable bonds is 5. The van der Waals surface area contributed by atoms with E-state index in [4.69, 9.17) is 0 Å². The number of aromatic nitrogens is 2. The Labute approximate surface area is 130 Å². The third kappa shape index (κ3) is 4.40. The van der Waals surface area contributed by atoms with Crippen LogP contribution in [0.5, 0.6) is 0 Å². The molecule has 0 spiro atoms. The molecule has 8 heteroatoms. The summed E-state index contributed by atoms with van der Waals surface area (Å²) < 4.78 is 13.8. The van der Waals surface area contributed by atoms with E-state index in [1.807, 2.05) is 6.92 Å². The largest absolute Gasteiger partial charge is 0.348 e. The highest BCUT2D eigenvalue weighted by atomic mass is 32.2. The Morgan fingerprint density at radius 1 is 1.43 bits per heavy atom. The second-order valence-corrected chi connectivity index (χ2v) is 7.07. The molecule has 5 nitrogen and oxygen atoms in total. The van der Waals surface area contributed by atoms with Crippen LogP contribution >= 0.6 is 23.1 Å². The van der Waals surface area contributed by atoms with Crippen molar-refractivity contribution >= 4 is 39.8 Å². The van der Waals surface area contributed by atoms with Gasteiger partial charge >= 0.3 is 0 Å². The van der Waals surface area contributed by atoms with E-state index >= 15 is 0 Å². The van der Waals surface area contributed by atoms with Crippen LogP contribution in [0.1, 0.15) is 6.92 Å². The average molecular weight is 326 g/mol. The first-order valence-electron chi connectivity index (χ1n) is 6.19. The number of hydrogen-bond donors (Lipinski definition) is 1. The van der Waals surface area contributed by atoms with Crippen molar-refractivity contribution in [2.24, 2.45) is 0 Å². The number of hydrogen-bond acceptors (Lipinski definition) is 6. The summed E-state index contributed by atoms with van der Waals surface area (Å²) in [6.45, 7) is 1.83. The summed E-state index contributed by atoms with van der Waals surface area (Å²) in [4.78, 5) is 13.3. The van der Waals surface area contributed by atoms with Crippen LogP contribution in [0.3, 0.4) is 0 Å². The highest BCUT2D eigenvalue weighted by molar-refractivity contribution is 8.02. The van der Waals surface area contributed by atoms with Gasteiger partial charge in [0.2, 0.25) is 11.0 Å². The molecule has 0 bridgehead atoms. The molecule has 1 aromatic heterocycles. The van der Waals surface area contributed by atoms with Crippen molar-refractivity contribution in [3.05, 3.63) is 30.1 Å². The summed E-state index contributed by atoms with van der Waals surface area (Å²) in [5, 5.41) is 11.3. The van der Waals surface area contributed by atoms with Gasteiger partial charge in [-0.15, -0.1) is 10.2 Å². The van der Waals surface area contributed by atoms with E-state index in [0.717, 1.165) is 0 Å². The third-order valence-corrected chi connectivity index (χ3v) is 4.56. The molecule has 0 aliphatic rings. The molecule has 0 saturated carbocycles. The van der Waals surface area contributed by atoms with Crippen molar-refractivity contribution in [2.45, 2.75) is 16.5 Å². The lowest BCUT2D eigenvalue weighted by Gasteiger charge is -2.14. The molecule has 0 radical (unpaired) electrons. The second-order valence-electron chi connectivity index (χ2n) is 4.50. The fraction of sp³-hybridized carbons (Fsp3) is 0.308. The number of carbonyl (C=O) groups is 1. The molecular weight excluding hydrogens is 311 g/mol. The summed E-state index contributed by atoms with van der Waals surface area (Å²) in [5.74, 6) is -0.292. The zero-order valence-corrected chi connectivity index (χ0v) is 13.5. The fourth-order valence-electron chi connectivity index (χ4n) is 1.56. The van der Waals surface area contributed by atoms with E-state index in [1.165, 1.54) is 35.2 Å². The zero-order valence-electron chi connectivity index (χ0n) is 11.8. The Hall–Kier alpha value is -1.67. The molecule has 1 heterocycles. The minimum atomic E-state index is -0.315. The molecule has 0 aliphatic heterocycles. The van der Waals surface area contributed by atoms with Gasteiger partial charge in [0.05, 0.1) is 5.25 Å². The van der Waals surface area contributed by atoms with Crippen LogP contribution in [-0.2, 0) is 4.79 Å². The van der Waals surface area contributed by atoms with Crippen LogP contribution in [0.2, 0.25) is 0 Å². The second kappa shape index (κ2) is 6.86. The van der Waals surface area contributed by atoms with Crippen molar-refractivity contribution in [3.63, 3.8) is 0 Å². The molecule has 1 N–H and O–H groups in total. The summed E-state index contributed by atoms with van der Waals surface area (Å²) in [7, 11) is 3.44. The summed E-state index contributed by atoms with van der Waals surface area (Å²) in [5.41, 5.74) is 0.611. The van der Waals surface area contributed by atoms with E-state index in [9.17, 15) is 9.18 Å². The zero-order chi connectivity index (χ0) is 15.4. The van der Waals surface area contributed by atoms with Crippen LogP contribution in [0.4, 0.5) is 15.2 Å². The monoisotopic (exact) mass is 326 g/mol. The summed E-state index contributed by atoms with van der Waals surface area (Å²) in [6, 6.07) is 6.12. The molecule has 21 heavy (non-hydrogen) atoms. The number of halogens is 1. The van der Waals surface area contributed by atoms with Gasteiger partial charge < -0.3 is 10.2 Å². The van der Waals surface area contributed by atoms with Crippen molar-refractivity contribution < 1.29 is 9.18 Å². The number of nitrogens with zero attached hydrogens (tertiary/aromatic N) is 3. The Bertz CT molecular complexity index is 632. The van der Waals surface area contributed by atoms with E-state index in [1.54, 1.807) is 31.1 Å². The molecule has 1 aromatic carbocycles. The van der Waals surface area contributed by atoms with Gasteiger partial charge in [-0.2, -0.15) is 0 Å². The lowest BCUT2D eigenvalue weighted by Crippen LogP contribution is -2.29. The predicted molar refractivity (Wildman–Crippen MR) is 83.6 cm³/mol. The minimum Gasteiger partial charge on any atom is -0.348 e. The molecule has 0 aliphatic carbocycles. The smallest absolute Gasteiger partial charge is 0.235 e. The summed E-state index contributed by atoms with van der Waals surface area (Å²) >= 11 is 2.68. The van der Waals surface area contributed by atoms with Gasteiger partial charge in [0.15, 0.2) is 4.34 Å². The average Bonchev–Trinajstić information content (AvgIpc) is 2.84. The van der Waals surface area contributed by atoms with Crippen LogP contribution in [0.25, 0.3) is 0 Å². The highest BCUT2D eigenvalue weighted by Gasteiger charge is 2.18. The van der Waals surface area contributed by atoms with Gasteiger partial charge in [-0.3, -0.25) is 4.79 Å². The number of benzene rings is 1. The quantitative estimate of drug-likeness (QED) is 0.856. The van der Waals surface area contributed by atoms with Crippen molar-refractivity contribution in [3.8, 4) is 0 Å². The van der Waals surface area contributed by atoms with Gasteiger partial charge in [-0.1, -0.05) is 29.2 Å². The Balaban J connectivity index is 2.00. The first-order valence-corrected chi connectivity index (χ1v) is 7.89. The van der Waals surface area contributed by atoms with E-state index in [-0.39, 0.29) is 17.0 Å². The first kappa shape index (κ1) is 15.7. The SMILES string of the molecule is C[C@H](Sc1nnc(Nc2cccc(F)c2)s1)C(=O)N(C)C. The van der Waals surface area contributed by atoms with Crippen LogP contribution in [-0.4, -0.2) is 40.3 Å². The normalized spacial score (nSPS) is 12.0. The van der Waals surface area contributed by atoms with E-state index in [0.29, 0.717) is 15.2 Å². The lowest BCUT2D eigenvalue weighted by atomic mass is 10.3. The topological polar surface area (TPSA) is 58.1 Å².